The molecule has 1 aliphatic rings. The molecule has 2 amide bonds. The summed E-state index contributed by atoms with van der Waals surface area (Å²) < 4.78 is 13.3. The summed E-state index contributed by atoms with van der Waals surface area (Å²) in [7, 11) is 0. The van der Waals surface area contributed by atoms with Crippen molar-refractivity contribution in [2.24, 2.45) is 0 Å². The molecule has 2 aromatic carbocycles. The van der Waals surface area contributed by atoms with Crippen LogP contribution in [-0.2, 0) is 4.79 Å². The van der Waals surface area contributed by atoms with Crippen LogP contribution in [0.4, 0.5) is 10.1 Å². The number of aryl methyl sites for hydroxylation is 2. The minimum Gasteiger partial charge on any atom is -0.347 e. The van der Waals surface area contributed by atoms with Crippen molar-refractivity contribution in [3.63, 3.8) is 0 Å². The fourth-order valence-electron chi connectivity index (χ4n) is 2.85. The van der Waals surface area contributed by atoms with E-state index >= 15 is 0 Å². The predicted molar refractivity (Wildman–Crippen MR) is 90.5 cm³/mol. The first kappa shape index (κ1) is 16.2. The Hall–Kier alpha value is -2.69. The summed E-state index contributed by atoms with van der Waals surface area (Å²) in [6, 6.07) is 11.2. The predicted octanol–water partition coefficient (Wildman–Crippen LogP) is 2.98. The van der Waals surface area contributed by atoms with Gasteiger partial charge in [0.15, 0.2) is 0 Å². The molecule has 1 aliphatic heterocycles. The summed E-state index contributed by atoms with van der Waals surface area (Å²) in [6.45, 7) is 4.29. The molecule has 3 rings (SSSR count). The molecule has 5 heteroatoms. The average Bonchev–Trinajstić information content (AvgIpc) is 2.90. The number of benzene rings is 2. The molecule has 0 aliphatic carbocycles. The zero-order chi connectivity index (χ0) is 17.3. The van der Waals surface area contributed by atoms with Crippen molar-refractivity contribution in [3.05, 3.63) is 65.0 Å². The van der Waals surface area contributed by atoms with E-state index in [1.165, 1.54) is 17.0 Å². The second-order valence-electron chi connectivity index (χ2n) is 6.16. The van der Waals surface area contributed by atoms with Gasteiger partial charge in [-0.3, -0.25) is 9.59 Å². The van der Waals surface area contributed by atoms with Crippen molar-refractivity contribution >= 4 is 17.5 Å². The highest BCUT2D eigenvalue weighted by molar-refractivity contribution is 5.99. The molecule has 1 fully saturated rings. The lowest BCUT2D eigenvalue weighted by Crippen LogP contribution is -2.37. The number of carbonyl (C=O) groups is 2. The second kappa shape index (κ2) is 6.43. The van der Waals surface area contributed by atoms with Crippen LogP contribution in [0.25, 0.3) is 0 Å². The van der Waals surface area contributed by atoms with Crippen LogP contribution in [0.5, 0.6) is 0 Å². The van der Waals surface area contributed by atoms with Gasteiger partial charge >= 0.3 is 0 Å². The Kier molecular flexibility index (Phi) is 4.34. The van der Waals surface area contributed by atoms with Crippen LogP contribution in [0.1, 0.15) is 27.9 Å². The van der Waals surface area contributed by atoms with Gasteiger partial charge < -0.3 is 10.2 Å². The van der Waals surface area contributed by atoms with Crippen LogP contribution in [0, 0.1) is 19.7 Å². The molecular weight excluding hydrogens is 307 g/mol. The Morgan fingerprint density at radius 1 is 1.17 bits per heavy atom. The van der Waals surface area contributed by atoms with Crippen molar-refractivity contribution in [1.82, 2.24) is 5.32 Å². The zero-order valence-corrected chi connectivity index (χ0v) is 13.7. The highest BCUT2D eigenvalue weighted by Crippen LogP contribution is 2.22. The fourth-order valence-corrected chi connectivity index (χ4v) is 2.85. The minimum atomic E-state index is -0.386. The summed E-state index contributed by atoms with van der Waals surface area (Å²) >= 11 is 0. The van der Waals surface area contributed by atoms with Crippen molar-refractivity contribution in [3.8, 4) is 0 Å². The third-order valence-electron chi connectivity index (χ3n) is 4.35. The van der Waals surface area contributed by atoms with Crippen LogP contribution in [0.15, 0.2) is 42.5 Å². The smallest absolute Gasteiger partial charge is 0.251 e. The molecular formula is C19H19FN2O2. The van der Waals surface area contributed by atoms with Crippen molar-refractivity contribution < 1.29 is 14.0 Å². The maximum atomic E-state index is 13.3. The van der Waals surface area contributed by atoms with Gasteiger partial charge in [0.1, 0.15) is 5.82 Å². The van der Waals surface area contributed by atoms with Gasteiger partial charge in [0.25, 0.3) is 5.91 Å². The largest absolute Gasteiger partial charge is 0.347 e. The van der Waals surface area contributed by atoms with E-state index in [2.05, 4.69) is 5.32 Å². The Bertz CT molecular complexity index is 804. The van der Waals surface area contributed by atoms with Crippen LogP contribution >= 0.6 is 0 Å². The van der Waals surface area contributed by atoms with E-state index in [4.69, 9.17) is 0 Å². The number of nitrogens with zero attached hydrogens (tertiary/aromatic N) is 1. The number of nitrogens with one attached hydrogen (secondary N) is 1. The maximum absolute atomic E-state index is 13.3. The molecule has 2 aromatic rings. The lowest BCUT2D eigenvalue weighted by Gasteiger charge is -2.17. The van der Waals surface area contributed by atoms with Crippen LogP contribution < -0.4 is 10.2 Å². The van der Waals surface area contributed by atoms with E-state index in [1.807, 2.05) is 26.0 Å². The normalized spacial score (nSPS) is 17.2. The molecule has 0 spiro atoms. The third-order valence-corrected chi connectivity index (χ3v) is 4.35. The Balaban J connectivity index is 1.69. The quantitative estimate of drug-likeness (QED) is 0.943. The van der Waals surface area contributed by atoms with Crippen molar-refractivity contribution in [1.29, 1.82) is 0 Å². The molecule has 0 radical (unpaired) electrons. The molecule has 0 unspecified atom stereocenters. The molecule has 1 N–H and O–H groups in total. The standard InChI is InChI=1S/C19H19FN2O2/c1-12-6-7-14(8-13(12)2)19(24)21-16-10-18(23)22(11-16)17-5-3-4-15(20)9-17/h3-9,16H,10-11H2,1-2H3,(H,21,24)/t16-/m1/s1. The Morgan fingerprint density at radius 3 is 2.67 bits per heavy atom. The van der Waals surface area contributed by atoms with Gasteiger partial charge in [-0.2, -0.15) is 0 Å². The monoisotopic (exact) mass is 326 g/mol. The number of rotatable bonds is 3. The molecule has 4 nitrogen and oxygen atoms in total. The van der Waals surface area contributed by atoms with Gasteiger partial charge in [-0.1, -0.05) is 12.1 Å². The van der Waals surface area contributed by atoms with Gasteiger partial charge in [-0.05, 0) is 55.3 Å². The van der Waals surface area contributed by atoms with E-state index in [0.717, 1.165) is 11.1 Å². The summed E-state index contributed by atoms with van der Waals surface area (Å²) in [6.07, 6.45) is 0.215. The summed E-state index contributed by atoms with van der Waals surface area (Å²) in [5.74, 6) is -0.703. The molecule has 1 saturated heterocycles. The number of carbonyl (C=O) groups excluding carboxylic acids is 2. The summed E-state index contributed by atoms with van der Waals surface area (Å²) in [5, 5.41) is 2.89. The highest BCUT2D eigenvalue weighted by atomic mass is 19.1. The molecule has 1 heterocycles. The van der Waals surface area contributed by atoms with Crippen LogP contribution in [0.2, 0.25) is 0 Å². The fraction of sp³-hybridized carbons (Fsp3) is 0.263. The first-order valence-electron chi connectivity index (χ1n) is 7.88. The van der Waals surface area contributed by atoms with Gasteiger partial charge in [0, 0.05) is 24.2 Å². The summed E-state index contributed by atoms with van der Waals surface area (Å²) in [5.41, 5.74) is 3.27. The third kappa shape index (κ3) is 3.30. The average molecular weight is 326 g/mol. The number of anilines is 1. The van der Waals surface area contributed by atoms with E-state index in [9.17, 15) is 14.0 Å². The molecule has 0 saturated carbocycles. The summed E-state index contributed by atoms with van der Waals surface area (Å²) in [4.78, 5) is 26.0. The number of hydrogen-bond acceptors (Lipinski definition) is 2. The van der Waals surface area contributed by atoms with Crippen molar-refractivity contribution in [2.75, 3.05) is 11.4 Å². The van der Waals surface area contributed by atoms with Crippen LogP contribution in [0.3, 0.4) is 0 Å². The van der Waals surface area contributed by atoms with E-state index in [0.29, 0.717) is 17.8 Å². The van der Waals surface area contributed by atoms with Gasteiger partial charge in [-0.15, -0.1) is 0 Å². The first-order chi connectivity index (χ1) is 11.4. The Morgan fingerprint density at radius 2 is 1.96 bits per heavy atom. The Labute approximate surface area is 140 Å². The van der Waals surface area contributed by atoms with Crippen molar-refractivity contribution in [2.45, 2.75) is 26.3 Å². The number of amides is 2. The number of halogens is 1. The minimum absolute atomic E-state index is 0.119. The van der Waals surface area contributed by atoms with E-state index in [-0.39, 0.29) is 30.1 Å². The SMILES string of the molecule is Cc1ccc(C(=O)N[C@@H]2CC(=O)N(c3cccc(F)c3)C2)cc1C. The number of hydrogen-bond donors (Lipinski definition) is 1. The zero-order valence-electron chi connectivity index (χ0n) is 13.7. The first-order valence-corrected chi connectivity index (χ1v) is 7.88. The van der Waals surface area contributed by atoms with E-state index in [1.54, 1.807) is 18.2 Å². The second-order valence-corrected chi connectivity index (χ2v) is 6.16. The van der Waals surface area contributed by atoms with Crippen LogP contribution in [-0.4, -0.2) is 24.4 Å². The molecule has 24 heavy (non-hydrogen) atoms. The topological polar surface area (TPSA) is 49.4 Å². The van der Waals surface area contributed by atoms with E-state index < -0.39 is 0 Å². The molecule has 124 valence electrons. The molecule has 0 aromatic heterocycles. The molecule has 0 bridgehead atoms. The lowest BCUT2D eigenvalue weighted by molar-refractivity contribution is -0.117. The highest BCUT2D eigenvalue weighted by Gasteiger charge is 2.31. The maximum Gasteiger partial charge on any atom is 0.251 e. The van der Waals surface area contributed by atoms with Gasteiger partial charge in [0.2, 0.25) is 5.91 Å². The van der Waals surface area contributed by atoms with Gasteiger partial charge in [-0.25, -0.2) is 4.39 Å². The lowest BCUT2D eigenvalue weighted by atomic mass is 10.1. The molecule has 1 atom stereocenters. The van der Waals surface area contributed by atoms with Gasteiger partial charge in [0.05, 0.1) is 6.04 Å².